The van der Waals surface area contributed by atoms with E-state index >= 15 is 0 Å². The molecule has 0 unspecified atom stereocenters. The van der Waals surface area contributed by atoms with Crippen LogP contribution in [0.25, 0.3) is 0 Å². The molecule has 2 rings (SSSR count). The summed E-state index contributed by atoms with van der Waals surface area (Å²) in [5, 5.41) is 9.27. The van der Waals surface area contributed by atoms with E-state index in [9.17, 15) is 10.1 Å². The molecule has 0 aromatic heterocycles. The zero-order valence-corrected chi connectivity index (χ0v) is 11.1. The molecule has 0 bridgehead atoms. The molecule has 17 heavy (non-hydrogen) atoms. The summed E-state index contributed by atoms with van der Waals surface area (Å²) in [6, 6.07) is 8.09. The van der Waals surface area contributed by atoms with Crippen LogP contribution in [0.1, 0.15) is 24.0 Å². The Balaban J connectivity index is 2.38. The number of methoxy groups -OCH3 is 1. The minimum absolute atomic E-state index is 0.153. The third-order valence-electron chi connectivity index (χ3n) is 3.03. The highest BCUT2D eigenvalue weighted by molar-refractivity contribution is 9.10. The standard InChI is InChI=1S/C13H12BrNO2/c1-17-7-9-2-10(4-11(14)3-9)13(8-15)5-12(16)6-13/h2-4H,5-7H2,1H3. The molecule has 1 aromatic rings. The number of Topliss-reactive ketones (excluding diaryl/α,β-unsaturated/α-hetero) is 1. The van der Waals surface area contributed by atoms with Gasteiger partial charge in [-0.2, -0.15) is 5.26 Å². The molecule has 1 aliphatic carbocycles. The maximum Gasteiger partial charge on any atom is 0.136 e. The van der Waals surface area contributed by atoms with Gasteiger partial charge in [0.1, 0.15) is 5.78 Å². The summed E-state index contributed by atoms with van der Waals surface area (Å²) in [6.07, 6.45) is 0.652. The number of rotatable bonds is 3. The summed E-state index contributed by atoms with van der Waals surface area (Å²) in [7, 11) is 1.63. The molecule has 0 N–H and O–H groups in total. The van der Waals surface area contributed by atoms with Crippen LogP contribution < -0.4 is 0 Å². The summed E-state index contributed by atoms with van der Waals surface area (Å²) < 4.78 is 6.00. The van der Waals surface area contributed by atoms with Crippen molar-refractivity contribution in [1.82, 2.24) is 0 Å². The number of halogens is 1. The summed E-state index contributed by atoms with van der Waals surface area (Å²) in [5.41, 5.74) is 1.29. The number of hydrogen-bond acceptors (Lipinski definition) is 3. The van der Waals surface area contributed by atoms with Gasteiger partial charge in [-0.05, 0) is 23.3 Å². The third kappa shape index (κ3) is 2.26. The van der Waals surface area contributed by atoms with Gasteiger partial charge in [-0.3, -0.25) is 4.79 Å². The van der Waals surface area contributed by atoms with Crippen LogP contribution in [0.4, 0.5) is 0 Å². The lowest BCUT2D eigenvalue weighted by atomic mass is 9.64. The molecule has 1 aliphatic rings. The molecule has 0 saturated heterocycles. The number of carbonyl (C=O) groups is 1. The zero-order valence-electron chi connectivity index (χ0n) is 9.50. The lowest BCUT2D eigenvalue weighted by molar-refractivity contribution is -0.126. The second-order valence-electron chi connectivity index (χ2n) is 4.37. The molecule has 3 nitrogen and oxygen atoms in total. The molecular formula is C13H12BrNO2. The Hall–Kier alpha value is -1.18. The van der Waals surface area contributed by atoms with Gasteiger partial charge in [0.05, 0.1) is 18.1 Å². The molecule has 1 fully saturated rings. The fourth-order valence-corrected chi connectivity index (χ4v) is 2.69. The first kappa shape index (κ1) is 12.3. The Labute approximate surface area is 109 Å². The average Bonchev–Trinajstić information content (AvgIpc) is 2.24. The Morgan fingerprint density at radius 1 is 1.47 bits per heavy atom. The van der Waals surface area contributed by atoms with Crippen LogP contribution in [0.5, 0.6) is 0 Å². The van der Waals surface area contributed by atoms with Crippen molar-refractivity contribution in [3.8, 4) is 6.07 Å². The van der Waals surface area contributed by atoms with Gasteiger partial charge in [-0.15, -0.1) is 0 Å². The van der Waals surface area contributed by atoms with Gasteiger partial charge >= 0.3 is 0 Å². The third-order valence-corrected chi connectivity index (χ3v) is 3.49. The van der Waals surface area contributed by atoms with E-state index in [4.69, 9.17) is 4.74 Å². The van der Waals surface area contributed by atoms with E-state index in [1.54, 1.807) is 7.11 Å². The van der Waals surface area contributed by atoms with Crippen LogP contribution in [0, 0.1) is 11.3 Å². The highest BCUT2D eigenvalue weighted by Gasteiger charge is 2.45. The second kappa shape index (κ2) is 4.59. The Bertz CT molecular complexity index is 497. The molecule has 88 valence electrons. The average molecular weight is 294 g/mol. The Morgan fingerprint density at radius 3 is 2.71 bits per heavy atom. The highest BCUT2D eigenvalue weighted by Crippen LogP contribution is 2.41. The first-order chi connectivity index (χ1) is 8.09. The molecule has 0 amide bonds. The Kier molecular flexibility index (Phi) is 3.32. The second-order valence-corrected chi connectivity index (χ2v) is 5.28. The van der Waals surface area contributed by atoms with Gasteiger partial charge in [0, 0.05) is 24.4 Å². The summed E-state index contributed by atoms with van der Waals surface area (Å²) in [5.74, 6) is 0.153. The van der Waals surface area contributed by atoms with Gasteiger partial charge in [0.15, 0.2) is 0 Å². The van der Waals surface area contributed by atoms with Crippen molar-refractivity contribution in [2.24, 2.45) is 0 Å². The zero-order chi connectivity index (χ0) is 12.5. The van der Waals surface area contributed by atoms with Crippen LogP contribution in [0.2, 0.25) is 0 Å². The molecule has 1 aromatic carbocycles. The maximum atomic E-state index is 11.2. The largest absolute Gasteiger partial charge is 0.380 e. The topological polar surface area (TPSA) is 50.1 Å². The van der Waals surface area contributed by atoms with Crippen molar-refractivity contribution in [3.05, 3.63) is 33.8 Å². The summed E-state index contributed by atoms with van der Waals surface area (Å²) in [4.78, 5) is 11.2. The van der Waals surface area contributed by atoms with E-state index < -0.39 is 5.41 Å². The van der Waals surface area contributed by atoms with Gasteiger partial charge in [-0.1, -0.05) is 22.0 Å². The number of carbonyl (C=O) groups excluding carboxylic acids is 1. The molecule has 0 spiro atoms. The van der Waals surface area contributed by atoms with Crippen LogP contribution in [-0.4, -0.2) is 12.9 Å². The molecule has 0 heterocycles. The minimum Gasteiger partial charge on any atom is -0.380 e. The molecule has 4 heteroatoms. The summed E-state index contributed by atoms with van der Waals surface area (Å²) >= 11 is 3.42. The maximum absolute atomic E-state index is 11.2. The van der Waals surface area contributed by atoms with Crippen molar-refractivity contribution in [2.75, 3.05) is 7.11 Å². The van der Waals surface area contributed by atoms with E-state index in [0.29, 0.717) is 19.4 Å². The molecule has 0 atom stereocenters. The number of ketones is 1. The number of ether oxygens (including phenoxy) is 1. The molecule has 1 saturated carbocycles. The fraction of sp³-hybridized carbons (Fsp3) is 0.385. The predicted molar refractivity (Wildman–Crippen MR) is 66.4 cm³/mol. The first-order valence-corrected chi connectivity index (χ1v) is 6.11. The molecular weight excluding hydrogens is 282 g/mol. The number of nitriles is 1. The van der Waals surface area contributed by atoms with E-state index in [1.165, 1.54) is 0 Å². The van der Waals surface area contributed by atoms with Gasteiger partial charge in [0.2, 0.25) is 0 Å². The van der Waals surface area contributed by atoms with E-state index in [1.807, 2.05) is 18.2 Å². The van der Waals surface area contributed by atoms with Crippen LogP contribution in [0.3, 0.4) is 0 Å². The minimum atomic E-state index is -0.622. The van der Waals surface area contributed by atoms with Crippen molar-refractivity contribution < 1.29 is 9.53 Å². The fourth-order valence-electron chi connectivity index (χ4n) is 2.15. The number of benzene rings is 1. The van der Waals surface area contributed by atoms with Gasteiger partial charge < -0.3 is 4.74 Å². The van der Waals surface area contributed by atoms with Crippen molar-refractivity contribution in [3.63, 3.8) is 0 Å². The normalized spacial score (nSPS) is 17.4. The van der Waals surface area contributed by atoms with E-state index in [2.05, 4.69) is 22.0 Å². The monoisotopic (exact) mass is 293 g/mol. The highest BCUT2D eigenvalue weighted by atomic mass is 79.9. The van der Waals surface area contributed by atoms with E-state index in [0.717, 1.165) is 15.6 Å². The number of hydrogen-bond donors (Lipinski definition) is 0. The lowest BCUT2D eigenvalue weighted by Gasteiger charge is -2.34. The first-order valence-electron chi connectivity index (χ1n) is 5.31. The van der Waals surface area contributed by atoms with Crippen LogP contribution >= 0.6 is 15.9 Å². The van der Waals surface area contributed by atoms with Crippen molar-refractivity contribution in [2.45, 2.75) is 24.9 Å². The van der Waals surface area contributed by atoms with Crippen molar-refractivity contribution >= 4 is 21.7 Å². The van der Waals surface area contributed by atoms with Gasteiger partial charge in [-0.25, -0.2) is 0 Å². The van der Waals surface area contributed by atoms with Crippen molar-refractivity contribution in [1.29, 1.82) is 5.26 Å². The lowest BCUT2D eigenvalue weighted by Crippen LogP contribution is -2.40. The Morgan fingerprint density at radius 2 is 2.18 bits per heavy atom. The number of nitrogens with zero attached hydrogens (tertiary/aromatic N) is 1. The smallest absolute Gasteiger partial charge is 0.136 e. The van der Waals surface area contributed by atoms with E-state index in [-0.39, 0.29) is 5.78 Å². The molecule has 0 aliphatic heterocycles. The predicted octanol–water partition coefficient (Wildman–Crippen LogP) is 2.72. The SMILES string of the molecule is COCc1cc(Br)cc(C2(C#N)CC(=O)C2)c1. The quantitative estimate of drug-likeness (QED) is 0.861. The van der Waals surface area contributed by atoms with Crippen LogP contribution in [0.15, 0.2) is 22.7 Å². The van der Waals surface area contributed by atoms with Crippen LogP contribution in [-0.2, 0) is 21.6 Å². The van der Waals surface area contributed by atoms with Gasteiger partial charge in [0.25, 0.3) is 0 Å². The molecule has 0 radical (unpaired) electrons. The summed E-state index contributed by atoms with van der Waals surface area (Å²) in [6.45, 7) is 0.502.